The molecule has 3 rings (SSSR count). The van der Waals surface area contributed by atoms with Gasteiger partial charge in [0.05, 0.1) is 18.5 Å². The van der Waals surface area contributed by atoms with E-state index in [1.54, 1.807) is 7.05 Å². The van der Waals surface area contributed by atoms with Crippen molar-refractivity contribution < 1.29 is 4.74 Å². The van der Waals surface area contributed by atoms with Crippen molar-refractivity contribution in [3.8, 4) is 5.69 Å². The van der Waals surface area contributed by atoms with E-state index in [1.165, 1.54) is 12.8 Å². The minimum atomic E-state index is 0.718. The summed E-state index contributed by atoms with van der Waals surface area (Å²) in [5, 5.41) is 7.79. The zero-order valence-electron chi connectivity index (χ0n) is 15.1. The van der Waals surface area contributed by atoms with Crippen molar-refractivity contribution in [2.24, 2.45) is 10.9 Å². The Hall–Kier alpha value is -2.34. The van der Waals surface area contributed by atoms with Crippen LogP contribution in [-0.4, -0.2) is 54.5 Å². The first kappa shape index (κ1) is 17.5. The van der Waals surface area contributed by atoms with Gasteiger partial charge in [0, 0.05) is 45.6 Å². The molecule has 25 heavy (non-hydrogen) atoms. The molecule has 1 saturated carbocycles. The highest BCUT2D eigenvalue weighted by molar-refractivity contribution is 5.79. The zero-order chi connectivity index (χ0) is 17.5. The fourth-order valence-electron chi connectivity index (χ4n) is 2.67. The van der Waals surface area contributed by atoms with E-state index in [2.05, 4.69) is 26.5 Å². The number of aromatic nitrogens is 2. The highest BCUT2D eigenvalue weighted by Crippen LogP contribution is 2.28. The molecule has 134 valence electrons. The van der Waals surface area contributed by atoms with Crippen molar-refractivity contribution in [1.29, 1.82) is 0 Å². The van der Waals surface area contributed by atoms with Gasteiger partial charge in [-0.3, -0.25) is 4.99 Å². The zero-order valence-corrected chi connectivity index (χ0v) is 15.1. The average molecular weight is 341 g/mol. The van der Waals surface area contributed by atoms with Crippen LogP contribution >= 0.6 is 0 Å². The van der Waals surface area contributed by atoms with Crippen LogP contribution in [0.25, 0.3) is 5.69 Å². The highest BCUT2D eigenvalue weighted by Gasteiger charge is 2.20. The lowest BCUT2D eigenvalue weighted by Crippen LogP contribution is -2.39. The molecule has 1 aliphatic carbocycles. The smallest absolute Gasteiger partial charge is 0.193 e. The van der Waals surface area contributed by atoms with Crippen LogP contribution in [0.2, 0.25) is 0 Å². The Morgan fingerprint density at radius 2 is 2.16 bits per heavy atom. The topological polar surface area (TPSA) is 54.7 Å². The maximum Gasteiger partial charge on any atom is 0.193 e. The van der Waals surface area contributed by atoms with Gasteiger partial charge in [-0.1, -0.05) is 18.2 Å². The molecule has 1 heterocycles. The van der Waals surface area contributed by atoms with Crippen molar-refractivity contribution >= 4 is 5.96 Å². The maximum absolute atomic E-state index is 5.65. The lowest BCUT2D eigenvalue weighted by Gasteiger charge is -2.21. The van der Waals surface area contributed by atoms with E-state index < -0.39 is 0 Å². The van der Waals surface area contributed by atoms with Crippen molar-refractivity contribution in [3.05, 3.63) is 48.3 Å². The first-order chi connectivity index (χ1) is 12.3. The van der Waals surface area contributed by atoms with Gasteiger partial charge in [0.1, 0.15) is 0 Å². The number of rotatable bonds is 8. The van der Waals surface area contributed by atoms with Crippen molar-refractivity contribution in [2.75, 3.05) is 33.9 Å². The van der Waals surface area contributed by atoms with Gasteiger partial charge >= 0.3 is 0 Å². The molecule has 1 aromatic carbocycles. The van der Waals surface area contributed by atoms with E-state index in [9.17, 15) is 0 Å². The summed E-state index contributed by atoms with van der Waals surface area (Å²) in [4.78, 5) is 6.43. The highest BCUT2D eigenvalue weighted by atomic mass is 16.5. The van der Waals surface area contributed by atoms with Gasteiger partial charge in [-0.2, -0.15) is 5.10 Å². The van der Waals surface area contributed by atoms with E-state index in [0.29, 0.717) is 0 Å². The second kappa shape index (κ2) is 8.67. The number of aliphatic imine (C=N–C) groups is 1. The fraction of sp³-hybridized carbons (Fsp3) is 0.474. The third-order valence-corrected chi connectivity index (χ3v) is 4.23. The molecule has 0 aliphatic heterocycles. The molecule has 6 heteroatoms. The van der Waals surface area contributed by atoms with Crippen LogP contribution < -0.4 is 5.32 Å². The summed E-state index contributed by atoms with van der Waals surface area (Å²) < 4.78 is 7.55. The summed E-state index contributed by atoms with van der Waals surface area (Å²) in [6.07, 6.45) is 6.61. The normalized spacial score (nSPS) is 14.6. The van der Waals surface area contributed by atoms with Crippen LogP contribution in [0, 0.1) is 5.92 Å². The average Bonchev–Trinajstić information content (AvgIpc) is 3.35. The minimum absolute atomic E-state index is 0.718. The SMILES string of the molecule is CN=C(NCCOCC1CC1)N(C)Cc1cnn(-c2ccccc2)c1. The lowest BCUT2D eigenvalue weighted by atomic mass is 10.3. The number of hydrogen-bond donors (Lipinski definition) is 1. The molecule has 0 atom stereocenters. The van der Waals surface area contributed by atoms with E-state index in [1.807, 2.05) is 48.3 Å². The van der Waals surface area contributed by atoms with Crippen molar-refractivity contribution in [2.45, 2.75) is 19.4 Å². The summed E-state index contributed by atoms with van der Waals surface area (Å²) in [5.41, 5.74) is 2.20. The molecule has 1 aromatic heterocycles. The van der Waals surface area contributed by atoms with Gasteiger partial charge in [-0.15, -0.1) is 0 Å². The Morgan fingerprint density at radius 3 is 2.88 bits per heavy atom. The molecule has 1 fully saturated rings. The van der Waals surface area contributed by atoms with E-state index in [0.717, 1.165) is 49.4 Å². The van der Waals surface area contributed by atoms with Gasteiger partial charge in [-0.05, 0) is 30.9 Å². The molecule has 0 spiro atoms. The number of ether oxygens (including phenoxy) is 1. The second-order valence-corrected chi connectivity index (χ2v) is 6.48. The predicted molar refractivity (Wildman–Crippen MR) is 99.9 cm³/mol. The largest absolute Gasteiger partial charge is 0.379 e. The van der Waals surface area contributed by atoms with Crippen LogP contribution in [0.5, 0.6) is 0 Å². The second-order valence-electron chi connectivity index (χ2n) is 6.48. The van der Waals surface area contributed by atoms with E-state index >= 15 is 0 Å². The Morgan fingerprint density at radius 1 is 1.36 bits per heavy atom. The summed E-state index contributed by atoms with van der Waals surface area (Å²) in [6, 6.07) is 10.1. The fourth-order valence-corrected chi connectivity index (χ4v) is 2.67. The number of para-hydroxylation sites is 1. The van der Waals surface area contributed by atoms with E-state index in [4.69, 9.17) is 4.74 Å². The third kappa shape index (κ3) is 5.32. The summed E-state index contributed by atoms with van der Waals surface area (Å²) in [5.74, 6) is 1.67. The first-order valence-electron chi connectivity index (χ1n) is 8.85. The quantitative estimate of drug-likeness (QED) is 0.455. The van der Waals surface area contributed by atoms with Gasteiger partial charge in [0.2, 0.25) is 0 Å². The third-order valence-electron chi connectivity index (χ3n) is 4.23. The van der Waals surface area contributed by atoms with Crippen LogP contribution in [-0.2, 0) is 11.3 Å². The van der Waals surface area contributed by atoms with Crippen LogP contribution in [0.3, 0.4) is 0 Å². The van der Waals surface area contributed by atoms with Crippen LogP contribution in [0.1, 0.15) is 18.4 Å². The standard InChI is InChI=1S/C19H27N5O/c1-20-19(21-10-11-25-15-16-8-9-16)23(2)13-17-12-22-24(14-17)18-6-4-3-5-7-18/h3-7,12,14,16H,8-11,13,15H2,1-2H3,(H,20,21). The lowest BCUT2D eigenvalue weighted by molar-refractivity contribution is 0.128. The molecular weight excluding hydrogens is 314 g/mol. The first-order valence-corrected chi connectivity index (χ1v) is 8.85. The number of hydrogen-bond acceptors (Lipinski definition) is 3. The Bertz CT molecular complexity index is 678. The molecule has 0 saturated heterocycles. The Labute approximate surface area is 149 Å². The predicted octanol–water partition coefficient (Wildman–Crippen LogP) is 2.31. The molecule has 6 nitrogen and oxygen atoms in total. The number of benzene rings is 1. The number of guanidine groups is 1. The molecule has 2 aromatic rings. The van der Waals surface area contributed by atoms with Gasteiger partial charge in [-0.25, -0.2) is 4.68 Å². The van der Waals surface area contributed by atoms with Gasteiger partial charge in [0.15, 0.2) is 5.96 Å². The summed E-state index contributed by atoms with van der Waals surface area (Å²) >= 11 is 0. The van der Waals surface area contributed by atoms with Crippen molar-refractivity contribution in [3.63, 3.8) is 0 Å². The number of nitrogens with zero attached hydrogens (tertiary/aromatic N) is 4. The summed E-state index contributed by atoms with van der Waals surface area (Å²) in [7, 11) is 3.83. The monoisotopic (exact) mass is 341 g/mol. The molecule has 0 bridgehead atoms. The van der Waals surface area contributed by atoms with Crippen molar-refractivity contribution in [1.82, 2.24) is 20.0 Å². The van der Waals surface area contributed by atoms with E-state index in [-0.39, 0.29) is 0 Å². The molecule has 0 unspecified atom stereocenters. The van der Waals surface area contributed by atoms with Crippen LogP contribution in [0.15, 0.2) is 47.7 Å². The van der Waals surface area contributed by atoms with Gasteiger partial charge in [0.25, 0.3) is 0 Å². The Kier molecular flexibility index (Phi) is 6.06. The van der Waals surface area contributed by atoms with Gasteiger partial charge < -0.3 is 15.0 Å². The molecular formula is C19H27N5O. The minimum Gasteiger partial charge on any atom is -0.379 e. The molecule has 0 radical (unpaired) electrons. The van der Waals surface area contributed by atoms with Crippen LogP contribution in [0.4, 0.5) is 0 Å². The summed E-state index contributed by atoms with van der Waals surface area (Å²) in [6.45, 7) is 3.13. The molecule has 1 N–H and O–H groups in total. The molecule has 0 amide bonds. The number of nitrogens with one attached hydrogen (secondary N) is 1. The maximum atomic E-state index is 5.65. The molecule has 1 aliphatic rings. The Balaban J connectivity index is 1.46.